The van der Waals surface area contributed by atoms with Crippen LogP contribution in [0.5, 0.6) is 0 Å². The third-order valence-corrected chi connectivity index (χ3v) is 10.6. The molecule has 0 aliphatic carbocycles. The van der Waals surface area contributed by atoms with Gasteiger partial charge in [0.2, 0.25) is 11.6 Å². The van der Waals surface area contributed by atoms with E-state index < -0.39 is 35.3 Å². The molecule has 1 fully saturated rings. The second kappa shape index (κ2) is 15.8. The average molecular weight is 730 g/mol. The molecule has 0 bridgehead atoms. The van der Waals surface area contributed by atoms with Gasteiger partial charge in [-0.15, -0.1) is 34.6 Å². The molecule has 2 aliphatic heterocycles. The van der Waals surface area contributed by atoms with Crippen LogP contribution >= 0.6 is 34.9 Å². The number of nitrogens with zero attached hydrogens (tertiary/aromatic N) is 7. The van der Waals surface area contributed by atoms with E-state index in [1.165, 1.54) is 45.6 Å². The number of rotatable bonds is 14. The van der Waals surface area contributed by atoms with Crippen LogP contribution in [0, 0.1) is 12.3 Å². The molecule has 15 nitrogen and oxygen atoms in total. The molecular formula is C32H27N9O6S3. The molecule has 0 saturated carbocycles. The van der Waals surface area contributed by atoms with E-state index in [1.54, 1.807) is 0 Å². The summed E-state index contributed by atoms with van der Waals surface area (Å²) in [5.41, 5.74) is 2.14. The summed E-state index contributed by atoms with van der Waals surface area (Å²) in [6.07, 6.45) is 5.16. The van der Waals surface area contributed by atoms with Crippen molar-refractivity contribution < 1.29 is 28.8 Å². The molecule has 0 radical (unpaired) electrons. The van der Waals surface area contributed by atoms with Crippen molar-refractivity contribution in [2.45, 2.75) is 29.2 Å². The summed E-state index contributed by atoms with van der Waals surface area (Å²) in [6, 6.07) is 17.6. The Morgan fingerprint density at radius 3 is 2.56 bits per heavy atom. The highest BCUT2D eigenvalue weighted by molar-refractivity contribution is 8.01. The zero-order valence-corrected chi connectivity index (χ0v) is 28.6. The summed E-state index contributed by atoms with van der Waals surface area (Å²) in [5.74, 6) is 1.14. The lowest BCUT2D eigenvalue weighted by Crippen LogP contribution is -2.71. The van der Waals surface area contributed by atoms with Crippen molar-refractivity contribution in [2.24, 2.45) is 5.16 Å². The number of anilines is 1. The van der Waals surface area contributed by atoms with Gasteiger partial charge in [-0.25, -0.2) is 14.5 Å². The minimum absolute atomic E-state index is 0.0828. The molecule has 6 rings (SSSR count). The first-order chi connectivity index (χ1) is 24.4. The number of amides is 3. The summed E-state index contributed by atoms with van der Waals surface area (Å²) < 4.78 is 7.68. The van der Waals surface area contributed by atoms with Gasteiger partial charge in [0.25, 0.3) is 11.8 Å². The number of oxime groups is 1. The maximum Gasteiger partial charge on any atom is 0.356 e. The monoisotopic (exact) mass is 729 g/mol. The molecule has 50 heavy (non-hydrogen) atoms. The highest BCUT2D eigenvalue weighted by Gasteiger charge is 2.55. The first-order valence-electron chi connectivity index (χ1n) is 14.8. The molecule has 2 aromatic heterocycles. The zero-order chi connectivity index (χ0) is 35.0. The number of fused-ring (bicyclic) bond motifs is 1. The molecule has 4 heterocycles. The quantitative estimate of drug-likeness (QED) is 0.0369. The molecule has 1 unspecified atom stereocenters. The normalized spacial score (nSPS) is 17.0. The van der Waals surface area contributed by atoms with Crippen molar-refractivity contribution in [1.29, 1.82) is 0 Å². The Bertz CT molecular complexity index is 1950. The smallest absolute Gasteiger partial charge is 0.356 e. The summed E-state index contributed by atoms with van der Waals surface area (Å²) >= 11 is 3.73. The van der Waals surface area contributed by atoms with Gasteiger partial charge in [0.15, 0.2) is 16.9 Å². The van der Waals surface area contributed by atoms with Crippen LogP contribution in [-0.4, -0.2) is 90.0 Å². The van der Waals surface area contributed by atoms with E-state index in [-0.39, 0.29) is 34.5 Å². The van der Waals surface area contributed by atoms with E-state index in [2.05, 4.69) is 42.2 Å². The van der Waals surface area contributed by atoms with Crippen LogP contribution in [0.2, 0.25) is 0 Å². The second-order valence-electron chi connectivity index (χ2n) is 10.5. The number of carbonyl (C=O) groups is 4. The van der Waals surface area contributed by atoms with Crippen molar-refractivity contribution in [3.8, 4) is 12.3 Å². The van der Waals surface area contributed by atoms with Gasteiger partial charge in [-0.3, -0.25) is 19.3 Å². The van der Waals surface area contributed by atoms with Crippen LogP contribution in [0.4, 0.5) is 5.13 Å². The van der Waals surface area contributed by atoms with Crippen LogP contribution < -0.4 is 10.6 Å². The molecule has 254 valence electrons. The highest BCUT2D eigenvalue weighted by atomic mass is 32.2. The van der Waals surface area contributed by atoms with Gasteiger partial charge in [0.1, 0.15) is 36.5 Å². The Hall–Kier alpha value is -5.51. The molecule has 1 saturated heterocycles. The zero-order valence-electron chi connectivity index (χ0n) is 26.2. The van der Waals surface area contributed by atoms with Gasteiger partial charge in [-0.2, -0.15) is 0 Å². The average Bonchev–Trinajstić information content (AvgIpc) is 3.80. The Labute approximate surface area is 297 Å². The van der Waals surface area contributed by atoms with Crippen molar-refractivity contribution in [3.05, 3.63) is 94.1 Å². The Kier molecular flexibility index (Phi) is 10.9. The van der Waals surface area contributed by atoms with E-state index in [4.69, 9.17) is 16.0 Å². The molecule has 2 N–H and O–H groups in total. The lowest BCUT2D eigenvalue weighted by molar-refractivity contribution is -0.154. The molecule has 2 atom stereocenters. The standard InChI is InChI=1S/C32H27N9O6S3/c1-3-14-40-32(36-38-39-40)50-16-21-15-48-29-24(35-27(43)23(37-46-2)22-17-49-31(34-22)33-18-42)28(44)41(29)25(21)30(45)47-26(19-10-6-4-7-11-19)20-12-8-5-9-13-20/h1,4-13,17-18,24,26,29H,14-16H2,2H3,(H,35,43)(H,33,34,42)/t24?,29-/m1/s1. The van der Waals surface area contributed by atoms with Crippen LogP contribution in [0.1, 0.15) is 22.9 Å². The Morgan fingerprint density at radius 2 is 1.90 bits per heavy atom. The van der Waals surface area contributed by atoms with E-state index >= 15 is 0 Å². The third kappa shape index (κ3) is 7.24. The molecule has 18 heteroatoms. The summed E-state index contributed by atoms with van der Waals surface area (Å²) in [5, 5.41) is 22.2. The van der Waals surface area contributed by atoms with Gasteiger partial charge >= 0.3 is 5.97 Å². The lowest BCUT2D eigenvalue weighted by Gasteiger charge is -2.49. The third-order valence-electron chi connectivity index (χ3n) is 7.40. The van der Waals surface area contributed by atoms with Crippen LogP contribution in [0.25, 0.3) is 0 Å². The van der Waals surface area contributed by atoms with Crippen molar-refractivity contribution in [3.63, 3.8) is 0 Å². The number of β-lactam (4-membered cyclic amide) rings is 1. The summed E-state index contributed by atoms with van der Waals surface area (Å²) in [4.78, 5) is 62.8. The van der Waals surface area contributed by atoms with Crippen molar-refractivity contribution >= 4 is 69.9 Å². The number of thiazole rings is 1. The highest BCUT2D eigenvalue weighted by Crippen LogP contribution is 2.43. The first kappa shape index (κ1) is 34.4. The van der Waals surface area contributed by atoms with E-state index in [9.17, 15) is 19.2 Å². The summed E-state index contributed by atoms with van der Waals surface area (Å²) in [7, 11) is 1.27. The summed E-state index contributed by atoms with van der Waals surface area (Å²) in [6.45, 7) is 0.159. The molecule has 4 aromatic rings. The first-order valence-corrected chi connectivity index (χ1v) is 17.7. The second-order valence-corrected chi connectivity index (χ2v) is 13.4. The molecule has 2 aliphatic rings. The van der Waals surface area contributed by atoms with Gasteiger partial charge in [0, 0.05) is 16.9 Å². The fourth-order valence-corrected chi connectivity index (χ4v) is 8.19. The van der Waals surface area contributed by atoms with Crippen LogP contribution in [-0.2, 0) is 35.3 Å². The number of aromatic nitrogens is 5. The number of hydrogen-bond donors (Lipinski definition) is 2. The number of terminal acetylenes is 1. The van der Waals surface area contributed by atoms with E-state index in [0.29, 0.717) is 22.9 Å². The minimum atomic E-state index is -1.00. The van der Waals surface area contributed by atoms with Crippen LogP contribution in [0.3, 0.4) is 0 Å². The number of benzene rings is 2. The predicted molar refractivity (Wildman–Crippen MR) is 186 cm³/mol. The number of tetrazole rings is 1. The number of ether oxygens (including phenoxy) is 1. The number of nitrogens with one attached hydrogen (secondary N) is 2. The van der Waals surface area contributed by atoms with Crippen LogP contribution in [0.15, 0.2) is 87.6 Å². The largest absolute Gasteiger partial charge is 0.448 e. The van der Waals surface area contributed by atoms with Gasteiger partial charge < -0.3 is 20.2 Å². The molecule has 3 amide bonds. The lowest BCUT2D eigenvalue weighted by atomic mass is 10.0. The topological polar surface area (TPSA) is 183 Å². The van der Waals surface area contributed by atoms with Crippen molar-refractivity contribution in [2.75, 3.05) is 23.9 Å². The molecule has 2 aromatic carbocycles. The molecule has 0 spiro atoms. The maximum atomic E-state index is 14.3. The number of esters is 1. The Morgan fingerprint density at radius 1 is 1.18 bits per heavy atom. The SMILES string of the molecule is C#CCn1nnnc1SCC1=C(C(=O)OC(c2ccccc2)c2ccccc2)N2C(=O)C(NC(=O)C(=NOC)c3csc(NC=O)n3)[C@H]2SC1. The van der Waals surface area contributed by atoms with Gasteiger partial charge in [-0.05, 0) is 27.1 Å². The Balaban J connectivity index is 1.28. The number of carbonyl (C=O) groups excluding carboxylic acids is 4. The number of hydrogen-bond acceptors (Lipinski definition) is 14. The van der Waals surface area contributed by atoms with Crippen molar-refractivity contribution in [1.82, 2.24) is 35.4 Å². The van der Waals surface area contributed by atoms with E-state index in [0.717, 1.165) is 22.5 Å². The van der Waals surface area contributed by atoms with E-state index in [1.807, 2.05) is 60.7 Å². The van der Waals surface area contributed by atoms with Gasteiger partial charge in [0.05, 0.1) is 0 Å². The predicted octanol–water partition coefficient (Wildman–Crippen LogP) is 2.46. The molecular weight excluding hydrogens is 703 g/mol. The number of thioether (sulfide) groups is 2. The fraction of sp³-hybridized carbons (Fsp3) is 0.219. The fourth-order valence-electron chi connectivity index (χ4n) is 5.17. The maximum absolute atomic E-state index is 14.3. The minimum Gasteiger partial charge on any atom is -0.448 e. The van der Waals surface area contributed by atoms with Gasteiger partial charge in [-0.1, -0.05) is 83.5 Å².